The number of ketones is 1. The van der Waals surface area contributed by atoms with Crippen LogP contribution in [0.5, 0.6) is 0 Å². The highest BCUT2D eigenvalue weighted by Gasteiger charge is 2.28. The third kappa shape index (κ3) is 10.8. The van der Waals surface area contributed by atoms with Crippen LogP contribution in [0.3, 0.4) is 0 Å². The number of carbonyl (C=O) groups is 6. The lowest BCUT2D eigenvalue weighted by atomic mass is 10.0. The van der Waals surface area contributed by atoms with Gasteiger partial charge in [-0.1, -0.05) is 111 Å². The fourth-order valence-electron chi connectivity index (χ4n) is 5.47. The molecule has 4 aromatic carbocycles. The highest BCUT2D eigenvalue weighted by molar-refractivity contribution is 6.38. The second-order valence-electron chi connectivity index (χ2n) is 12.7. The first-order valence-corrected chi connectivity index (χ1v) is 16.5. The molecule has 11 heteroatoms. The van der Waals surface area contributed by atoms with Crippen LogP contribution in [0, 0.1) is 5.92 Å². The molecule has 0 saturated heterocycles. The lowest BCUT2D eigenvalue weighted by molar-refractivity contribution is -0.140. The van der Waals surface area contributed by atoms with Gasteiger partial charge in [0.1, 0.15) is 12.1 Å². The zero-order valence-electron chi connectivity index (χ0n) is 28.4. The molecule has 0 radical (unpaired) electrons. The molecule has 4 rings (SSSR count). The van der Waals surface area contributed by atoms with E-state index < -0.39 is 54.1 Å². The van der Waals surface area contributed by atoms with Crippen LogP contribution in [-0.4, -0.2) is 60.0 Å². The number of rotatable bonds is 16. The molecule has 6 N–H and O–H groups in total. The van der Waals surface area contributed by atoms with Crippen molar-refractivity contribution in [2.45, 2.75) is 58.2 Å². The van der Waals surface area contributed by atoms with Gasteiger partial charge in [-0.25, -0.2) is 0 Å². The third-order valence-corrected chi connectivity index (χ3v) is 8.10. The Balaban J connectivity index is 1.26. The fourth-order valence-corrected chi connectivity index (χ4v) is 5.47. The average molecular weight is 678 g/mol. The fraction of sp³-hybridized carbons (Fsp3) is 0.282. The van der Waals surface area contributed by atoms with Crippen LogP contribution in [0.4, 0.5) is 0 Å². The Labute approximate surface area is 291 Å². The first-order chi connectivity index (χ1) is 23.9. The van der Waals surface area contributed by atoms with Crippen molar-refractivity contribution >= 4 is 46.1 Å². The largest absolute Gasteiger partial charge is 0.368 e. The van der Waals surface area contributed by atoms with Crippen molar-refractivity contribution in [3.8, 4) is 11.1 Å². The Bertz CT molecular complexity index is 1840. The van der Waals surface area contributed by atoms with Crippen LogP contribution in [0.2, 0.25) is 0 Å². The lowest BCUT2D eigenvalue weighted by Gasteiger charge is -2.22. The van der Waals surface area contributed by atoms with E-state index in [1.54, 1.807) is 0 Å². The molecule has 0 saturated carbocycles. The quantitative estimate of drug-likeness (QED) is 0.114. The van der Waals surface area contributed by atoms with Crippen LogP contribution in [0.1, 0.15) is 38.3 Å². The first kappa shape index (κ1) is 37.0. The van der Waals surface area contributed by atoms with Crippen LogP contribution < -0.4 is 27.0 Å². The Morgan fingerprint density at radius 3 is 1.90 bits per heavy atom. The second-order valence-corrected chi connectivity index (χ2v) is 12.7. The summed E-state index contributed by atoms with van der Waals surface area (Å²) in [4.78, 5) is 76.1. The van der Waals surface area contributed by atoms with Crippen molar-refractivity contribution in [1.29, 1.82) is 0 Å². The van der Waals surface area contributed by atoms with Gasteiger partial charge in [-0.2, -0.15) is 0 Å². The summed E-state index contributed by atoms with van der Waals surface area (Å²) < 4.78 is 0. The van der Waals surface area contributed by atoms with Gasteiger partial charge in [0.05, 0.1) is 19.0 Å². The number of nitrogens with two attached hydrogens (primary N) is 1. The molecule has 0 heterocycles. The minimum Gasteiger partial charge on any atom is -0.368 e. The molecule has 11 nitrogen and oxygen atoms in total. The summed E-state index contributed by atoms with van der Waals surface area (Å²) >= 11 is 0. The maximum Gasteiger partial charge on any atom is 0.290 e. The summed E-state index contributed by atoms with van der Waals surface area (Å²) in [5.74, 6) is -4.50. The first-order valence-electron chi connectivity index (χ1n) is 16.5. The number of Topliss-reactive ketones (excluding diaryl/α,β-unsaturated/α-hetero) is 1. The smallest absolute Gasteiger partial charge is 0.290 e. The monoisotopic (exact) mass is 677 g/mol. The van der Waals surface area contributed by atoms with Gasteiger partial charge in [-0.05, 0) is 52.3 Å². The maximum absolute atomic E-state index is 13.2. The Hall–Kier alpha value is -5.84. The van der Waals surface area contributed by atoms with E-state index in [0.717, 1.165) is 33.0 Å². The molecular weight excluding hydrogens is 634 g/mol. The molecule has 1 unspecified atom stereocenters. The van der Waals surface area contributed by atoms with Crippen molar-refractivity contribution in [1.82, 2.24) is 21.3 Å². The zero-order chi connectivity index (χ0) is 36.2. The van der Waals surface area contributed by atoms with E-state index in [0.29, 0.717) is 6.42 Å². The topological polar surface area (TPSA) is 177 Å². The van der Waals surface area contributed by atoms with Gasteiger partial charge in [0, 0.05) is 6.42 Å². The molecule has 50 heavy (non-hydrogen) atoms. The van der Waals surface area contributed by atoms with Crippen molar-refractivity contribution in [2.75, 3.05) is 6.54 Å². The molecule has 0 bridgehead atoms. The SMILES string of the molecule is CC(C)C[C@H](NC(=O)Cc1ccc(-c2ccccc2)cc1)C(=O)NC(C)C(=O)C(=O)NCC(=O)N[C@@H](Cc1ccc2ccccc2c1)C(N)=O. The molecule has 0 aliphatic rings. The van der Waals surface area contributed by atoms with Gasteiger partial charge in [-0.3, -0.25) is 28.8 Å². The predicted octanol–water partition coefficient (Wildman–Crippen LogP) is 2.98. The highest BCUT2D eigenvalue weighted by atomic mass is 16.2. The summed E-state index contributed by atoms with van der Waals surface area (Å²) in [6.07, 6.45) is 0.489. The number of amides is 5. The van der Waals surface area contributed by atoms with Gasteiger partial charge < -0.3 is 27.0 Å². The van der Waals surface area contributed by atoms with Gasteiger partial charge in [-0.15, -0.1) is 0 Å². The highest BCUT2D eigenvalue weighted by Crippen LogP contribution is 2.20. The number of carbonyl (C=O) groups excluding carboxylic acids is 6. The van der Waals surface area contributed by atoms with Crippen molar-refractivity contribution in [3.05, 3.63) is 108 Å². The molecule has 0 spiro atoms. The van der Waals surface area contributed by atoms with Crippen LogP contribution in [0.15, 0.2) is 97.1 Å². The minimum atomic E-state index is -1.24. The van der Waals surface area contributed by atoms with Gasteiger partial charge in [0.15, 0.2) is 0 Å². The zero-order valence-corrected chi connectivity index (χ0v) is 28.4. The Kier molecular flexibility index (Phi) is 13.0. The van der Waals surface area contributed by atoms with Gasteiger partial charge in [0.25, 0.3) is 5.91 Å². The minimum absolute atomic E-state index is 0.0366. The molecule has 0 aromatic heterocycles. The molecule has 0 aliphatic heterocycles. The maximum atomic E-state index is 13.2. The van der Waals surface area contributed by atoms with E-state index in [1.165, 1.54) is 6.92 Å². The number of primary amides is 1. The number of nitrogens with one attached hydrogen (secondary N) is 4. The molecular formula is C39H43N5O6. The van der Waals surface area contributed by atoms with Crippen LogP contribution in [-0.2, 0) is 41.6 Å². The molecule has 260 valence electrons. The van der Waals surface area contributed by atoms with E-state index in [1.807, 2.05) is 111 Å². The van der Waals surface area contributed by atoms with Crippen LogP contribution >= 0.6 is 0 Å². The Morgan fingerprint density at radius 2 is 1.24 bits per heavy atom. The molecule has 0 aliphatic carbocycles. The summed E-state index contributed by atoms with van der Waals surface area (Å²) in [7, 11) is 0. The summed E-state index contributed by atoms with van der Waals surface area (Å²) in [6, 6.07) is 27.5. The normalized spacial score (nSPS) is 12.7. The van der Waals surface area contributed by atoms with Gasteiger partial charge >= 0.3 is 0 Å². The molecule has 5 amide bonds. The number of benzene rings is 4. The van der Waals surface area contributed by atoms with E-state index in [2.05, 4.69) is 21.3 Å². The average Bonchev–Trinajstić information content (AvgIpc) is 3.10. The molecule has 0 fully saturated rings. The summed E-state index contributed by atoms with van der Waals surface area (Å²) in [5.41, 5.74) is 9.14. The van der Waals surface area contributed by atoms with E-state index in [-0.39, 0.29) is 24.7 Å². The molecule has 4 aromatic rings. The van der Waals surface area contributed by atoms with Crippen molar-refractivity contribution < 1.29 is 28.8 Å². The third-order valence-electron chi connectivity index (χ3n) is 8.10. The van der Waals surface area contributed by atoms with E-state index in [4.69, 9.17) is 5.73 Å². The van der Waals surface area contributed by atoms with E-state index in [9.17, 15) is 28.8 Å². The molecule has 3 atom stereocenters. The van der Waals surface area contributed by atoms with Crippen molar-refractivity contribution in [2.24, 2.45) is 11.7 Å². The summed E-state index contributed by atoms with van der Waals surface area (Å²) in [5, 5.41) is 12.0. The Morgan fingerprint density at radius 1 is 0.640 bits per heavy atom. The number of hydrogen-bond acceptors (Lipinski definition) is 6. The van der Waals surface area contributed by atoms with Gasteiger partial charge in [0.2, 0.25) is 29.4 Å². The van der Waals surface area contributed by atoms with Crippen LogP contribution in [0.25, 0.3) is 21.9 Å². The predicted molar refractivity (Wildman–Crippen MR) is 191 cm³/mol. The van der Waals surface area contributed by atoms with Crippen molar-refractivity contribution in [3.63, 3.8) is 0 Å². The number of fused-ring (bicyclic) bond motifs is 1. The number of hydrogen-bond donors (Lipinski definition) is 5. The standard InChI is InChI=1S/C39H43N5O6/c1-24(2)19-33(44-34(45)22-26-13-16-30(17-14-26)28-9-5-4-6-10-28)38(49)42-25(3)36(47)39(50)41-23-35(46)43-32(37(40)48)21-27-15-18-29-11-7-8-12-31(29)20-27/h4-18,20,24-25,32-33H,19,21-23H2,1-3H3,(H2,40,48)(H,41,50)(H,42,49)(H,43,46)(H,44,45)/t25?,32-,33-/m0/s1. The second kappa shape index (κ2) is 17.5. The summed E-state index contributed by atoms with van der Waals surface area (Å²) in [6.45, 7) is 4.54. The van der Waals surface area contributed by atoms with E-state index >= 15 is 0 Å². The lowest BCUT2D eigenvalue weighted by Crippen LogP contribution is -2.54.